The molecule has 1 atom stereocenters. The van der Waals surface area contributed by atoms with Gasteiger partial charge in [-0.2, -0.15) is 4.39 Å². The van der Waals surface area contributed by atoms with Crippen LogP contribution in [-0.4, -0.2) is 7.12 Å². The Morgan fingerprint density at radius 1 is 0.442 bits per heavy atom. The normalized spacial score (nSPS) is 16.0. The van der Waals surface area contributed by atoms with Gasteiger partial charge in [0.2, 0.25) is 5.83 Å². The largest absolute Gasteiger partial charge is 0.569 e. The summed E-state index contributed by atoms with van der Waals surface area (Å²) >= 11 is 0. The molecule has 0 saturated carbocycles. The van der Waals surface area contributed by atoms with E-state index in [2.05, 4.69) is 4.65 Å². The minimum absolute atomic E-state index is 0.0367. The zero-order valence-electron chi connectivity index (χ0n) is 23.9. The average Bonchev–Trinajstić information content (AvgIpc) is 3.29. The Kier molecular flexibility index (Phi) is 7.65. The van der Waals surface area contributed by atoms with Gasteiger partial charge >= 0.3 is 7.12 Å². The van der Waals surface area contributed by atoms with Crippen LogP contribution in [0.3, 0.4) is 0 Å². The van der Waals surface area contributed by atoms with E-state index in [1.165, 1.54) is 0 Å². The van der Waals surface area contributed by atoms with Crippen LogP contribution in [-0.2, 0) is 10.5 Å². The number of alkyl halides is 1. The van der Waals surface area contributed by atoms with E-state index in [9.17, 15) is 43.9 Å². The topological polar surface area (TPSA) is 18.5 Å². The summed E-state index contributed by atoms with van der Waals surface area (Å²) in [6.07, 6.45) is 0. The van der Waals surface area contributed by atoms with Gasteiger partial charge in [-0.05, 0) is 12.1 Å². The number of hydrogen-bond donors (Lipinski definition) is 0. The van der Waals surface area contributed by atoms with Crippen LogP contribution in [0, 0.1) is 87.3 Å². The second-order valence-electron chi connectivity index (χ2n) is 10.9. The van der Waals surface area contributed by atoms with Gasteiger partial charge in [0.25, 0.3) is 5.85 Å². The summed E-state index contributed by atoms with van der Waals surface area (Å²) in [4.78, 5) is 0. The summed E-state index contributed by atoms with van der Waals surface area (Å²) < 4.78 is 279. The van der Waals surface area contributed by atoms with Gasteiger partial charge in [0.05, 0.1) is 27.3 Å². The fourth-order valence-electron chi connectivity index (χ4n) is 5.95. The van der Waals surface area contributed by atoms with Crippen LogP contribution >= 0.6 is 0 Å². The molecule has 6 aromatic carbocycles. The molecule has 0 spiro atoms. The highest BCUT2D eigenvalue weighted by Crippen LogP contribution is 2.53. The molecular weight excluding hydrogens is 757 g/mol. The quantitative estimate of drug-likeness (QED) is 0.0573. The Morgan fingerprint density at radius 2 is 0.885 bits per heavy atom. The summed E-state index contributed by atoms with van der Waals surface area (Å²) in [6.45, 7) is 0. The minimum Gasteiger partial charge on any atom is -0.532 e. The lowest BCUT2D eigenvalue weighted by Gasteiger charge is -2.28. The van der Waals surface area contributed by atoms with Crippen molar-refractivity contribution in [1.29, 1.82) is 0 Å². The number of fused-ring (bicyclic) bond motifs is 1. The third kappa shape index (κ3) is 4.30. The SMILES string of the molecule is FC1=C(F)C(F)(OB(Oc2ccc(F)c(F)c2)c2c(F)c(F)c3c(F)c(F)c4c(F)c(F)c(F)c5c(F)c(F)c2c3c45)c2c(F)c(F)c(F)c(F)c21. The van der Waals surface area contributed by atoms with Crippen molar-refractivity contribution in [3.63, 3.8) is 0 Å². The summed E-state index contributed by atoms with van der Waals surface area (Å²) in [5, 5.41) is -11.9. The number of halogens is 18. The van der Waals surface area contributed by atoms with Crippen LogP contribution in [0.1, 0.15) is 11.1 Å². The Bertz CT molecular complexity index is 2620. The predicted octanol–water partition coefficient (Wildman–Crippen LogP) is 9.90. The van der Waals surface area contributed by atoms with Crippen LogP contribution in [0.4, 0.5) is 79.0 Å². The fraction of sp³-hybridized carbons (Fsp3) is 0.0323. The third-order valence-electron chi connectivity index (χ3n) is 8.18. The van der Waals surface area contributed by atoms with Crippen LogP contribution < -0.4 is 10.1 Å². The Hall–Kier alpha value is -5.34. The molecule has 0 heterocycles. The van der Waals surface area contributed by atoms with E-state index in [0.717, 1.165) is 0 Å². The summed E-state index contributed by atoms with van der Waals surface area (Å²) in [5.74, 6) is -52.1. The standard InChI is InChI=1S/C31H3BF18O2/c33-5-2-1-4(3-6(5)34)51-32(52-31(50)14-13(24(43)30(31)49)23(42)28(47)29(48)25(14)44)15-9-7-8-11(17(36)16(9)35)21(40)27(46)22(41)12(8)19(38)18(37)10(7)20(39)26(15)45/h1-3H. The van der Waals surface area contributed by atoms with Gasteiger partial charge in [0.1, 0.15) is 5.75 Å². The van der Waals surface area contributed by atoms with E-state index >= 15 is 35.1 Å². The molecule has 1 aliphatic rings. The van der Waals surface area contributed by atoms with Gasteiger partial charge in [0.15, 0.2) is 93.1 Å². The first kappa shape index (κ1) is 35.1. The van der Waals surface area contributed by atoms with Crippen molar-refractivity contribution in [2.75, 3.05) is 0 Å². The molecule has 0 fully saturated rings. The van der Waals surface area contributed by atoms with E-state index in [0.29, 0.717) is 6.07 Å². The minimum atomic E-state index is -5.23. The first-order valence-electron chi connectivity index (χ1n) is 13.6. The Morgan fingerprint density at radius 3 is 1.42 bits per heavy atom. The van der Waals surface area contributed by atoms with E-state index in [1.54, 1.807) is 0 Å². The van der Waals surface area contributed by atoms with Gasteiger partial charge in [0, 0.05) is 27.7 Å². The van der Waals surface area contributed by atoms with Crippen molar-refractivity contribution in [2.45, 2.75) is 5.85 Å². The number of benzene rings is 6. The van der Waals surface area contributed by atoms with Crippen molar-refractivity contribution < 1.29 is 88.3 Å². The predicted molar refractivity (Wildman–Crippen MR) is 141 cm³/mol. The van der Waals surface area contributed by atoms with E-state index in [-0.39, 0.29) is 12.1 Å². The average molecular weight is 760 g/mol. The van der Waals surface area contributed by atoms with E-state index in [4.69, 9.17) is 4.65 Å². The summed E-state index contributed by atoms with van der Waals surface area (Å²) in [5.41, 5.74) is -7.18. The molecule has 52 heavy (non-hydrogen) atoms. The summed E-state index contributed by atoms with van der Waals surface area (Å²) in [7, 11) is -3.75. The van der Waals surface area contributed by atoms with Crippen molar-refractivity contribution in [1.82, 2.24) is 0 Å². The highest BCUT2D eigenvalue weighted by Gasteiger charge is 2.58. The van der Waals surface area contributed by atoms with Crippen molar-refractivity contribution in [3.8, 4) is 5.75 Å². The lowest BCUT2D eigenvalue weighted by Crippen LogP contribution is -2.48. The number of rotatable bonds is 5. The van der Waals surface area contributed by atoms with Crippen molar-refractivity contribution in [3.05, 3.63) is 122 Å². The maximum absolute atomic E-state index is 16.5. The molecule has 2 nitrogen and oxygen atoms in total. The zero-order chi connectivity index (χ0) is 38.2. The Balaban J connectivity index is 1.64. The van der Waals surface area contributed by atoms with Crippen LogP contribution in [0.15, 0.2) is 24.0 Å². The second-order valence-corrected chi connectivity index (χ2v) is 10.9. The lowest BCUT2D eigenvalue weighted by molar-refractivity contribution is -0.0619. The van der Waals surface area contributed by atoms with Gasteiger partial charge < -0.3 is 9.31 Å². The molecule has 0 aliphatic heterocycles. The number of hydrogen-bond acceptors (Lipinski definition) is 2. The molecule has 0 amide bonds. The molecule has 0 bridgehead atoms. The molecule has 0 radical (unpaired) electrons. The highest BCUT2D eigenvalue weighted by molar-refractivity contribution is 6.66. The molecule has 21 heteroatoms. The fourth-order valence-corrected chi connectivity index (χ4v) is 5.95. The van der Waals surface area contributed by atoms with Crippen molar-refractivity contribution in [2.24, 2.45) is 0 Å². The molecule has 1 unspecified atom stereocenters. The Labute approximate surface area is 273 Å². The lowest BCUT2D eigenvalue weighted by atomic mass is 9.72. The van der Waals surface area contributed by atoms with E-state index in [1.807, 2.05) is 0 Å². The highest BCUT2D eigenvalue weighted by atomic mass is 19.2. The molecule has 7 rings (SSSR count). The van der Waals surface area contributed by atoms with Gasteiger partial charge in [-0.1, -0.05) is 0 Å². The van der Waals surface area contributed by atoms with Gasteiger partial charge in [-0.15, -0.1) is 0 Å². The third-order valence-corrected chi connectivity index (χ3v) is 8.18. The van der Waals surface area contributed by atoms with Crippen LogP contribution in [0.5, 0.6) is 5.75 Å². The first-order valence-corrected chi connectivity index (χ1v) is 13.6. The molecule has 1 aliphatic carbocycles. The smallest absolute Gasteiger partial charge is 0.532 e. The van der Waals surface area contributed by atoms with Crippen LogP contribution in [0.2, 0.25) is 0 Å². The second kappa shape index (κ2) is 11.3. The molecule has 268 valence electrons. The van der Waals surface area contributed by atoms with Gasteiger partial charge in [-0.25, -0.2) is 74.6 Å². The van der Waals surface area contributed by atoms with Gasteiger partial charge in [-0.3, -0.25) is 0 Å². The maximum atomic E-state index is 16.5. The monoisotopic (exact) mass is 760 g/mol. The van der Waals surface area contributed by atoms with Crippen LogP contribution in [0.25, 0.3) is 38.1 Å². The first-order chi connectivity index (χ1) is 24.3. The molecule has 6 aromatic rings. The molecular formula is C31H3BF18O2. The maximum Gasteiger partial charge on any atom is 0.569 e. The van der Waals surface area contributed by atoms with E-state index < -0.39 is 167 Å². The molecule has 0 aromatic heterocycles. The molecule has 0 N–H and O–H groups in total. The van der Waals surface area contributed by atoms with Crippen molar-refractivity contribution >= 4 is 50.7 Å². The zero-order valence-corrected chi connectivity index (χ0v) is 23.9. The summed E-state index contributed by atoms with van der Waals surface area (Å²) in [6, 6.07) is 0.476. The molecule has 0 saturated heterocycles.